The number of rotatable bonds is 8. The van der Waals surface area contributed by atoms with E-state index in [4.69, 9.17) is 0 Å². The number of nitrogens with one attached hydrogen (secondary N) is 2. The fraction of sp³-hybridized carbons (Fsp3) is 0.571. The lowest BCUT2D eigenvalue weighted by Crippen LogP contribution is -2.46. The maximum absolute atomic E-state index is 12.8. The number of amides is 3. The van der Waals surface area contributed by atoms with E-state index in [1.54, 1.807) is 29.2 Å². The molecule has 2 N–H and O–H groups in total. The highest BCUT2D eigenvalue weighted by atomic mass is 16.2. The third-order valence-electron chi connectivity index (χ3n) is 4.66. The van der Waals surface area contributed by atoms with E-state index in [1.807, 2.05) is 13.8 Å². The van der Waals surface area contributed by atoms with Gasteiger partial charge in [0.15, 0.2) is 0 Å². The molecule has 0 saturated carbocycles. The van der Waals surface area contributed by atoms with Crippen LogP contribution in [0.5, 0.6) is 0 Å². The largest absolute Gasteiger partial charge is 0.354 e. The van der Waals surface area contributed by atoms with Gasteiger partial charge in [-0.05, 0) is 49.4 Å². The van der Waals surface area contributed by atoms with Gasteiger partial charge in [-0.25, -0.2) is 0 Å². The summed E-state index contributed by atoms with van der Waals surface area (Å²) in [5.41, 5.74) is 1.21. The lowest BCUT2D eigenvalue weighted by Gasteiger charge is -2.24. The highest BCUT2D eigenvalue weighted by molar-refractivity contribution is 5.98. The third kappa shape index (κ3) is 6.08. The van der Waals surface area contributed by atoms with Gasteiger partial charge < -0.3 is 15.5 Å². The van der Waals surface area contributed by atoms with Crippen LogP contribution in [0.1, 0.15) is 63.2 Å². The molecule has 1 aliphatic rings. The number of unbranched alkanes of at least 4 members (excludes halogenated alkanes) is 1. The Morgan fingerprint density at radius 2 is 1.89 bits per heavy atom. The first kappa shape index (κ1) is 20.9. The summed E-state index contributed by atoms with van der Waals surface area (Å²) in [6.07, 6.45) is 3.96. The molecule has 1 saturated heterocycles. The fourth-order valence-electron chi connectivity index (χ4n) is 3.23. The highest BCUT2D eigenvalue weighted by Crippen LogP contribution is 2.21. The summed E-state index contributed by atoms with van der Waals surface area (Å²) in [5.74, 6) is 0.0592. The molecule has 0 radical (unpaired) electrons. The molecular weight excluding hydrogens is 342 g/mol. The molecule has 0 spiro atoms. The van der Waals surface area contributed by atoms with Gasteiger partial charge in [-0.1, -0.05) is 27.2 Å². The second-order valence-electron chi connectivity index (χ2n) is 7.52. The van der Waals surface area contributed by atoms with Crippen LogP contribution in [-0.4, -0.2) is 41.8 Å². The average molecular weight is 373 g/mol. The van der Waals surface area contributed by atoms with E-state index in [2.05, 4.69) is 17.6 Å². The number of anilines is 1. The summed E-state index contributed by atoms with van der Waals surface area (Å²) in [6, 6.07) is 6.49. The van der Waals surface area contributed by atoms with Gasteiger partial charge in [-0.2, -0.15) is 0 Å². The van der Waals surface area contributed by atoms with E-state index in [0.717, 1.165) is 19.3 Å². The van der Waals surface area contributed by atoms with Gasteiger partial charge >= 0.3 is 0 Å². The number of likely N-dealkylation sites (tertiary alicyclic amines) is 1. The quantitative estimate of drug-likeness (QED) is 0.687. The van der Waals surface area contributed by atoms with Gasteiger partial charge in [0.2, 0.25) is 11.8 Å². The number of carbonyl (C=O) groups excluding carboxylic acids is 3. The third-order valence-corrected chi connectivity index (χ3v) is 4.66. The molecule has 1 unspecified atom stereocenters. The van der Waals surface area contributed by atoms with Crippen molar-refractivity contribution in [2.24, 2.45) is 5.92 Å². The SMILES string of the molecule is CCCCNC(=O)C1CCCN1C(=O)c1ccc(NC(=O)CC(C)C)cc1. The summed E-state index contributed by atoms with van der Waals surface area (Å²) < 4.78 is 0. The summed E-state index contributed by atoms with van der Waals surface area (Å²) in [5, 5.41) is 5.76. The number of carbonyl (C=O) groups is 3. The molecule has 6 heteroatoms. The molecule has 0 bridgehead atoms. The zero-order valence-electron chi connectivity index (χ0n) is 16.6. The molecule has 1 heterocycles. The van der Waals surface area contributed by atoms with Crippen molar-refractivity contribution >= 4 is 23.4 Å². The Hall–Kier alpha value is -2.37. The summed E-state index contributed by atoms with van der Waals surface area (Å²) in [4.78, 5) is 38.7. The molecule has 0 aromatic heterocycles. The van der Waals surface area contributed by atoms with E-state index in [9.17, 15) is 14.4 Å². The van der Waals surface area contributed by atoms with E-state index in [0.29, 0.717) is 43.1 Å². The standard InChI is InChI=1S/C21H31N3O3/c1-4-5-12-22-20(26)18-7-6-13-24(18)21(27)16-8-10-17(11-9-16)23-19(25)14-15(2)3/h8-11,15,18H,4-7,12-14H2,1-3H3,(H,22,26)(H,23,25). The molecule has 6 nitrogen and oxygen atoms in total. The van der Waals surface area contributed by atoms with Crippen molar-refractivity contribution in [1.29, 1.82) is 0 Å². The topological polar surface area (TPSA) is 78.5 Å². The van der Waals surface area contributed by atoms with Crippen molar-refractivity contribution in [3.8, 4) is 0 Å². The second-order valence-corrected chi connectivity index (χ2v) is 7.52. The van der Waals surface area contributed by atoms with E-state index < -0.39 is 0 Å². The Morgan fingerprint density at radius 1 is 1.19 bits per heavy atom. The van der Waals surface area contributed by atoms with Crippen LogP contribution in [0.25, 0.3) is 0 Å². The number of benzene rings is 1. The maximum Gasteiger partial charge on any atom is 0.254 e. The van der Waals surface area contributed by atoms with Crippen LogP contribution in [0.4, 0.5) is 5.69 Å². The molecule has 1 fully saturated rings. The van der Waals surface area contributed by atoms with Gasteiger partial charge in [0.05, 0.1) is 0 Å². The van der Waals surface area contributed by atoms with Crippen molar-refractivity contribution in [3.05, 3.63) is 29.8 Å². The van der Waals surface area contributed by atoms with Gasteiger partial charge in [-0.3, -0.25) is 14.4 Å². The molecule has 0 aliphatic carbocycles. The predicted molar refractivity (Wildman–Crippen MR) is 107 cm³/mol. The first-order valence-electron chi connectivity index (χ1n) is 9.91. The van der Waals surface area contributed by atoms with Crippen molar-refractivity contribution < 1.29 is 14.4 Å². The van der Waals surface area contributed by atoms with Crippen LogP contribution >= 0.6 is 0 Å². The normalized spacial score (nSPS) is 16.4. The zero-order chi connectivity index (χ0) is 19.8. The number of nitrogens with zero attached hydrogens (tertiary/aromatic N) is 1. The highest BCUT2D eigenvalue weighted by Gasteiger charge is 2.34. The van der Waals surface area contributed by atoms with Crippen molar-refractivity contribution in [3.63, 3.8) is 0 Å². The van der Waals surface area contributed by atoms with E-state index in [-0.39, 0.29) is 23.8 Å². The second kappa shape index (κ2) is 10.1. The molecule has 1 aromatic carbocycles. The van der Waals surface area contributed by atoms with Crippen molar-refractivity contribution in [2.45, 2.75) is 58.9 Å². The summed E-state index contributed by atoms with van der Waals surface area (Å²) in [7, 11) is 0. The van der Waals surface area contributed by atoms with Crippen LogP contribution in [-0.2, 0) is 9.59 Å². The molecule has 1 atom stereocenters. The minimum absolute atomic E-state index is 0.0348. The number of hydrogen-bond acceptors (Lipinski definition) is 3. The minimum Gasteiger partial charge on any atom is -0.354 e. The summed E-state index contributed by atoms with van der Waals surface area (Å²) >= 11 is 0. The van der Waals surface area contributed by atoms with Crippen LogP contribution < -0.4 is 10.6 Å². The molecule has 1 aromatic rings. The smallest absolute Gasteiger partial charge is 0.254 e. The monoisotopic (exact) mass is 373 g/mol. The van der Waals surface area contributed by atoms with E-state index in [1.165, 1.54) is 0 Å². The maximum atomic E-state index is 12.8. The number of hydrogen-bond donors (Lipinski definition) is 2. The Balaban J connectivity index is 1.97. The van der Waals surface area contributed by atoms with E-state index >= 15 is 0 Å². The van der Waals surface area contributed by atoms with Gasteiger partial charge in [-0.15, -0.1) is 0 Å². The molecule has 3 amide bonds. The van der Waals surface area contributed by atoms with Crippen LogP contribution in [0, 0.1) is 5.92 Å². The molecule has 148 valence electrons. The van der Waals surface area contributed by atoms with Gasteiger partial charge in [0.25, 0.3) is 5.91 Å². The Bertz CT molecular complexity index is 655. The Labute approximate surface area is 161 Å². The average Bonchev–Trinajstić information content (AvgIpc) is 3.11. The Morgan fingerprint density at radius 3 is 2.52 bits per heavy atom. The molecule has 27 heavy (non-hydrogen) atoms. The molecular formula is C21H31N3O3. The first-order chi connectivity index (χ1) is 12.9. The predicted octanol–water partition coefficient (Wildman–Crippen LogP) is 3.19. The fourth-order valence-corrected chi connectivity index (χ4v) is 3.23. The lowest BCUT2D eigenvalue weighted by molar-refractivity contribution is -0.124. The van der Waals surface area contributed by atoms with Crippen molar-refractivity contribution in [2.75, 3.05) is 18.4 Å². The lowest BCUT2D eigenvalue weighted by atomic mass is 10.1. The van der Waals surface area contributed by atoms with Gasteiger partial charge in [0.1, 0.15) is 6.04 Å². The van der Waals surface area contributed by atoms with Crippen molar-refractivity contribution in [1.82, 2.24) is 10.2 Å². The van der Waals surface area contributed by atoms with Gasteiger partial charge in [0, 0.05) is 30.8 Å². The minimum atomic E-state index is -0.389. The summed E-state index contributed by atoms with van der Waals surface area (Å²) in [6.45, 7) is 7.31. The molecule has 1 aliphatic heterocycles. The molecule has 2 rings (SSSR count). The van der Waals surface area contributed by atoms with Crippen LogP contribution in [0.2, 0.25) is 0 Å². The van der Waals surface area contributed by atoms with Crippen LogP contribution in [0.3, 0.4) is 0 Å². The Kier molecular flexibility index (Phi) is 7.82. The zero-order valence-corrected chi connectivity index (χ0v) is 16.6. The van der Waals surface area contributed by atoms with Crippen LogP contribution in [0.15, 0.2) is 24.3 Å². The first-order valence-corrected chi connectivity index (χ1v) is 9.91.